The summed E-state index contributed by atoms with van der Waals surface area (Å²) in [5, 5.41) is 18.0. The summed E-state index contributed by atoms with van der Waals surface area (Å²) in [6.07, 6.45) is 8.78. The number of nitrogens with zero attached hydrogens (tertiary/aromatic N) is 5. The van der Waals surface area contributed by atoms with Crippen LogP contribution in [0.25, 0.3) is 11.4 Å². The maximum Gasteiger partial charge on any atom is 0.290 e. The fraction of sp³-hybridized carbons (Fsp3) is 0.333. The number of methoxy groups -OCH3 is 1. The molecule has 31 heavy (non-hydrogen) atoms. The predicted octanol–water partition coefficient (Wildman–Crippen LogP) is 2.00. The van der Waals surface area contributed by atoms with Gasteiger partial charge in [-0.2, -0.15) is 5.10 Å². The van der Waals surface area contributed by atoms with Crippen molar-refractivity contribution in [1.82, 2.24) is 24.2 Å². The van der Waals surface area contributed by atoms with Crippen molar-refractivity contribution in [1.29, 1.82) is 0 Å². The largest absolute Gasteiger partial charge is 0.496 e. The number of ether oxygens (including phenoxy) is 1. The van der Waals surface area contributed by atoms with Crippen LogP contribution in [0.3, 0.4) is 0 Å². The Bertz CT molecular complexity index is 930. The van der Waals surface area contributed by atoms with Crippen molar-refractivity contribution in [2.75, 3.05) is 21.2 Å². The molecular formula is C21H29N5O5. The molecular weight excluding hydrogens is 402 g/mol. The van der Waals surface area contributed by atoms with E-state index in [2.05, 4.69) is 52.0 Å². The molecule has 3 rings (SSSR count). The van der Waals surface area contributed by atoms with Crippen molar-refractivity contribution in [3.63, 3.8) is 0 Å². The highest BCUT2D eigenvalue weighted by Gasteiger charge is 2.11. The third-order valence-electron chi connectivity index (χ3n) is 4.14. The normalized spacial score (nSPS) is 9.84. The summed E-state index contributed by atoms with van der Waals surface area (Å²) in [5.41, 5.74) is 3.49. The molecule has 0 spiro atoms. The molecule has 10 nitrogen and oxygen atoms in total. The van der Waals surface area contributed by atoms with Crippen molar-refractivity contribution < 1.29 is 24.5 Å². The minimum atomic E-state index is -0.250. The number of aromatic nitrogens is 4. The zero-order valence-corrected chi connectivity index (χ0v) is 18.2. The number of aryl methyl sites for hydroxylation is 3. The van der Waals surface area contributed by atoms with Gasteiger partial charge in [0.1, 0.15) is 11.6 Å². The molecule has 0 unspecified atom stereocenters. The molecule has 168 valence electrons. The lowest BCUT2D eigenvalue weighted by atomic mass is 10.1. The van der Waals surface area contributed by atoms with E-state index in [9.17, 15) is 0 Å². The van der Waals surface area contributed by atoms with Crippen LogP contribution in [0, 0.1) is 0 Å². The lowest BCUT2D eigenvalue weighted by molar-refractivity contribution is -0.123. The quantitative estimate of drug-likeness (QED) is 0.545. The Morgan fingerprint density at radius 3 is 2.42 bits per heavy atom. The number of hydrogen-bond donors (Lipinski definition) is 2. The lowest BCUT2D eigenvalue weighted by Crippen LogP contribution is -2.12. The zero-order chi connectivity index (χ0) is 23.2. The van der Waals surface area contributed by atoms with Gasteiger partial charge in [-0.15, -0.1) is 0 Å². The summed E-state index contributed by atoms with van der Waals surface area (Å²) < 4.78 is 9.52. The van der Waals surface area contributed by atoms with Gasteiger partial charge in [-0.1, -0.05) is 0 Å². The fourth-order valence-corrected chi connectivity index (χ4v) is 2.98. The van der Waals surface area contributed by atoms with Crippen molar-refractivity contribution in [3.05, 3.63) is 54.1 Å². The second kappa shape index (κ2) is 13.5. The van der Waals surface area contributed by atoms with E-state index in [0.29, 0.717) is 0 Å². The highest BCUT2D eigenvalue weighted by Crippen LogP contribution is 2.26. The summed E-state index contributed by atoms with van der Waals surface area (Å²) >= 11 is 0. The van der Waals surface area contributed by atoms with Gasteiger partial charge >= 0.3 is 0 Å². The molecule has 0 saturated heterocycles. The van der Waals surface area contributed by atoms with E-state index in [0.717, 1.165) is 42.2 Å². The first-order valence-electron chi connectivity index (χ1n) is 9.36. The van der Waals surface area contributed by atoms with Gasteiger partial charge in [0.2, 0.25) is 0 Å². The Hall–Kier alpha value is -3.66. The molecule has 0 radical (unpaired) electrons. The lowest BCUT2D eigenvalue weighted by Gasteiger charge is -2.15. The number of benzene rings is 1. The summed E-state index contributed by atoms with van der Waals surface area (Å²) in [6.45, 7) is 1.20. The minimum Gasteiger partial charge on any atom is -0.496 e. The van der Waals surface area contributed by atoms with E-state index in [1.54, 1.807) is 7.11 Å². The predicted molar refractivity (Wildman–Crippen MR) is 116 cm³/mol. The highest BCUT2D eigenvalue weighted by atomic mass is 16.5. The number of imidazole rings is 1. The monoisotopic (exact) mass is 431 g/mol. The minimum absolute atomic E-state index is 0.250. The Labute approximate surface area is 181 Å². The van der Waals surface area contributed by atoms with Gasteiger partial charge in [0.25, 0.3) is 12.9 Å². The maximum atomic E-state index is 8.36. The SMILES string of the molecule is COc1ccc(-c2nccn2CCc2cnn(C)c2)cc1CN(C)C.O=CO.O=CO. The standard InChI is InChI=1S/C19H25N5O.2CH2O2/c1-22(2)14-17-11-16(5-6-18(17)25-4)19-20-8-10-24(19)9-7-15-12-21-23(3)13-15;2*2-1-3/h5-6,8,10-13H,7,9,14H2,1-4H3;2*1H,(H,2,3). The second-order valence-electron chi connectivity index (χ2n) is 6.69. The summed E-state index contributed by atoms with van der Waals surface area (Å²) in [5.74, 6) is 1.89. The smallest absolute Gasteiger partial charge is 0.290 e. The van der Waals surface area contributed by atoms with E-state index in [-0.39, 0.29) is 12.9 Å². The summed E-state index contributed by atoms with van der Waals surface area (Å²) in [4.78, 5) is 23.4. The van der Waals surface area contributed by atoms with E-state index >= 15 is 0 Å². The van der Waals surface area contributed by atoms with Crippen molar-refractivity contribution >= 4 is 12.9 Å². The first-order valence-corrected chi connectivity index (χ1v) is 9.36. The van der Waals surface area contributed by atoms with Gasteiger partial charge in [0, 0.05) is 49.9 Å². The van der Waals surface area contributed by atoms with Gasteiger partial charge in [0.15, 0.2) is 0 Å². The highest BCUT2D eigenvalue weighted by molar-refractivity contribution is 5.59. The third kappa shape index (κ3) is 8.31. The van der Waals surface area contributed by atoms with Crippen LogP contribution in [0.15, 0.2) is 43.0 Å². The van der Waals surface area contributed by atoms with Gasteiger partial charge < -0.3 is 24.4 Å². The number of carbonyl (C=O) groups is 2. The van der Waals surface area contributed by atoms with Crippen LogP contribution < -0.4 is 4.74 Å². The van der Waals surface area contributed by atoms with E-state index in [1.165, 1.54) is 5.56 Å². The van der Waals surface area contributed by atoms with Crippen LogP contribution in [-0.2, 0) is 36.1 Å². The fourth-order valence-electron chi connectivity index (χ4n) is 2.98. The zero-order valence-electron chi connectivity index (χ0n) is 18.2. The number of carboxylic acid groups (broad SMARTS) is 2. The van der Waals surface area contributed by atoms with Crippen LogP contribution in [0.4, 0.5) is 0 Å². The molecule has 2 aromatic heterocycles. The molecule has 0 aliphatic carbocycles. The van der Waals surface area contributed by atoms with Crippen LogP contribution in [0.5, 0.6) is 5.75 Å². The molecule has 0 atom stereocenters. The number of hydrogen-bond acceptors (Lipinski definition) is 6. The van der Waals surface area contributed by atoms with Crippen molar-refractivity contribution in [3.8, 4) is 17.1 Å². The summed E-state index contributed by atoms with van der Waals surface area (Å²) in [7, 11) is 7.76. The molecule has 0 aliphatic heterocycles. The Morgan fingerprint density at radius 2 is 1.87 bits per heavy atom. The van der Waals surface area contributed by atoms with E-state index in [1.807, 2.05) is 36.4 Å². The average Bonchev–Trinajstić information content (AvgIpc) is 3.36. The summed E-state index contributed by atoms with van der Waals surface area (Å²) in [6, 6.07) is 6.26. The molecule has 2 N–H and O–H groups in total. The molecule has 0 bridgehead atoms. The Morgan fingerprint density at radius 1 is 1.19 bits per heavy atom. The number of rotatable bonds is 7. The van der Waals surface area contributed by atoms with Crippen LogP contribution in [-0.4, -0.2) is 68.6 Å². The van der Waals surface area contributed by atoms with Gasteiger partial charge in [-0.05, 0) is 44.3 Å². The van der Waals surface area contributed by atoms with Crippen LogP contribution in [0.1, 0.15) is 11.1 Å². The third-order valence-corrected chi connectivity index (χ3v) is 4.14. The van der Waals surface area contributed by atoms with Crippen LogP contribution in [0.2, 0.25) is 0 Å². The molecule has 10 heteroatoms. The average molecular weight is 431 g/mol. The molecule has 2 heterocycles. The maximum absolute atomic E-state index is 8.36. The first kappa shape index (κ1) is 25.4. The van der Waals surface area contributed by atoms with Crippen LogP contribution >= 0.6 is 0 Å². The molecule has 1 aromatic carbocycles. The molecule has 0 saturated carbocycles. The molecule has 0 amide bonds. The van der Waals surface area contributed by atoms with Crippen molar-refractivity contribution in [2.24, 2.45) is 7.05 Å². The second-order valence-corrected chi connectivity index (χ2v) is 6.69. The first-order chi connectivity index (χ1) is 14.9. The van der Waals surface area contributed by atoms with Gasteiger partial charge in [-0.3, -0.25) is 14.3 Å². The Balaban J connectivity index is 0.000000720. The molecule has 0 aliphatic rings. The van der Waals surface area contributed by atoms with E-state index in [4.69, 9.17) is 24.5 Å². The molecule has 3 aromatic rings. The Kier molecular flexibility index (Phi) is 11.1. The topological polar surface area (TPSA) is 123 Å². The van der Waals surface area contributed by atoms with Gasteiger partial charge in [-0.25, -0.2) is 4.98 Å². The van der Waals surface area contributed by atoms with Gasteiger partial charge in [0.05, 0.1) is 13.3 Å². The van der Waals surface area contributed by atoms with E-state index < -0.39 is 0 Å². The molecule has 0 fully saturated rings. The van der Waals surface area contributed by atoms with Crippen molar-refractivity contribution in [2.45, 2.75) is 19.5 Å².